The maximum absolute atomic E-state index is 14.3. The quantitative estimate of drug-likeness (QED) is 0.0178. The van der Waals surface area contributed by atoms with Crippen molar-refractivity contribution in [2.24, 2.45) is 61.8 Å². The third-order valence-corrected chi connectivity index (χ3v) is 12.1. The molecule has 0 saturated carbocycles. The highest BCUT2D eigenvalue weighted by molar-refractivity contribution is 5.98. The molecule has 1 aromatic carbocycles. The predicted octanol–water partition coefficient (Wildman–Crippen LogP) is -3.92. The average molecular weight is 1030 g/mol. The lowest BCUT2D eigenvalue weighted by Crippen LogP contribution is -2.61. The van der Waals surface area contributed by atoms with E-state index >= 15 is 0 Å². The van der Waals surface area contributed by atoms with Gasteiger partial charge in [0.15, 0.2) is 11.9 Å². The van der Waals surface area contributed by atoms with Gasteiger partial charge in [-0.1, -0.05) is 45.7 Å². The Morgan fingerprint density at radius 3 is 1.70 bits per heavy atom. The summed E-state index contributed by atoms with van der Waals surface area (Å²) in [6.45, 7) is 6.12. The number of nitrogens with two attached hydrogens (primary N) is 8. The number of phenols is 1. The molecule has 0 aromatic heterocycles. The van der Waals surface area contributed by atoms with Gasteiger partial charge in [0.05, 0.1) is 6.04 Å². The molecule has 73 heavy (non-hydrogen) atoms. The van der Waals surface area contributed by atoms with E-state index in [1.807, 2.05) is 13.8 Å². The van der Waals surface area contributed by atoms with Gasteiger partial charge in [-0.3, -0.25) is 48.3 Å². The predicted molar refractivity (Wildman–Crippen MR) is 276 cm³/mol. The molecular formula is C47H83N17O9. The number of rotatable bonds is 34. The number of phenolic OH excluding ortho intramolecular Hbond substituents is 1. The van der Waals surface area contributed by atoms with Crippen LogP contribution in [0, 0.1) is 5.92 Å². The smallest absolute Gasteiger partial charge is 0.245 e. The third-order valence-electron chi connectivity index (χ3n) is 12.1. The fourth-order valence-electron chi connectivity index (χ4n) is 7.96. The van der Waals surface area contributed by atoms with Crippen LogP contribution in [0.2, 0.25) is 0 Å². The Bertz CT molecular complexity index is 2010. The molecule has 1 aliphatic heterocycles. The van der Waals surface area contributed by atoms with E-state index in [1.165, 1.54) is 29.2 Å². The first-order valence-electron chi connectivity index (χ1n) is 25.1. The number of aromatic hydroxyl groups is 1. The second kappa shape index (κ2) is 33.0. The van der Waals surface area contributed by atoms with Crippen molar-refractivity contribution in [1.82, 2.24) is 36.8 Å². The van der Waals surface area contributed by atoms with Crippen molar-refractivity contribution in [1.29, 1.82) is 0 Å². The van der Waals surface area contributed by atoms with Crippen molar-refractivity contribution in [3.05, 3.63) is 29.8 Å². The molecule has 8 atom stereocenters. The number of unbranched alkanes of at least 4 members (excludes halogenated alkanes) is 1. The van der Waals surface area contributed by atoms with Crippen LogP contribution < -0.4 is 77.8 Å². The minimum absolute atomic E-state index is 0.0104. The molecular weight excluding hydrogens is 947 g/mol. The number of primary amides is 1. The second-order valence-corrected chi connectivity index (χ2v) is 18.6. The van der Waals surface area contributed by atoms with Gasteiger partial charge in [-0.25, -0.2) is 0 Å². The first kappa shape index (κ1) is 62.3. The molecule has 0 spiro atoms. The number of carbonyl (C=O) groups is 8. The number of carbonyl (C=O) groups excluding carboxylic acids is 8. The topological polar surface area (TPSA) is 465 Å². The Morgan fingerprint density at radius 2 is 1.15 bits per heavy atom. The van der Waals surface area contributed by atoms with Gasteiger partial charge in [0.2, 0.25) is 47.3 Å². The van der Waals surface area contributed by atoms with E-state index in [0.29, 0.717) is 57.1 Å². The van der Waals surface area contributed by atoms with Gasteiger partial charge < -0.3 is 87.8 Å². The Kier molecular flexibility index (Phi) is 28.2. The second-order valence-electron chi connectivity index (χ2n) is 18.6. The van der Waals surface area contributed by atoms with Gasteiger partial charge in [0.25, 0.3) is 0 Å². The fourth-order valence-corrected chi connectivity index (χ4v) is 7.96. The number of likely N-dealkylation sites (tertiary alicyclic amines) is 1. The van der Waals surface area contributed by atoms with E-state index < -0.39 is 95.6 Å². The molecule has 0 radical (unpaired) electrons. The minimum Gasteiger partial charge on any atom is -0.508 e. The summed E-state index contributed by atoms with van der Waals surface area (Å²) in [5, 5.41) is 26.0. The highest BCUT2D eigenvalue weighted by Gasteiger charge is 2.40. The van der Waals surface area contributed by atoms with Crippen LogP contribution in [0.5, 0.6) is 5.75 Å². The van der Waals surface area contributed by atoms with Crippen molar-refractivity contribution < 1.29 is 43.5 Å². The molecule has 1 fully saturated rings. The summed E-state index contributed by atoms with van der Waals surface area (Å²) >= 11 is 0. The Morgan fingerprint density at radius 1 is 0.630 bits per heavy atom. The summed E-state index contributed by atoms with van der Waals surface area (Å²) in [6.07, 6.45) is 4.03. The van der Waals surface area contributed by atoms with Crippen LogP contribution in [0.25, 0.3) is 0 Å². The summed E-state index contributed by atoms with van der Waals surface area (Å²) < 4.78 is 0. The number of guanidine groups is 2. The van der Waals surface area contributed by atoms with Crippen molar-refractivity contribution >= 4 is 59.2 Å². The highest BCUT2D eigenvalue weighted by Crippen LogP contribution is 2.21. The highest BCUT2D eigenvalue weighted by atomic mass is 16.3. The van der Waals surface area contributed by atoms with Crippen LogP contribution in [-0.2, 0) is 44.8 Å². The molecule has 23 N–H and O–H groups in total. The standard InChI is InChI=1S/C47H83N17O9/c1-4-10-32(40(68)62-35(25-28-16-18-29(65)19-17-28)42(70)63-36(26-49)43(71)58-31(38(51)66)20-15-27(2)3)59-41(69)33(12-7-22-56-46(52)53)60-44(72)37-14-9-24-64(37)45(73)34(13-8-23-57-47(54)55)61-39(67)30(50)11-5-6-21-48/h16-19,27,30-37,65H,4-15,20-26,48-50H2,1-3H3,(H2,51,66)(H,58,71)(H,59,69)(H,60,72)(H,61,67)(H,62,68)(H,63,70)(H4,52,53,56)(H4,54,55,57)/t30-,31-,32-,33-,34-,35-,36-,37-/m0/s1. The molecule has 410 valence electrons. The Labute approximate surface area is 427 Å². The van der Waals surface area contributed by atoms with Gasteiger partial charge in [0.1, 0.15) is 48.0 Å². The van der Waals surface area contributed by atoms with E-state index in [-0.39, 0.29) is 94.7 Å². The zero-order valence-electron chi connectivity index (χ0n) is 42.6. The Hall–Kier alpha value is -6.80. The van der Waals surface area contributed by atoms with E-state index in [1.54, 1.807) is 6.92 Å². The molecule has 1 saturated heterocycles. The van der Waals surface area contributed by atoms with E-state index in [4.69, 9.17) is 45.9 Å². The van der Waals surface area contributed by atoms with Crippen LogP contribution in [0.4, 0.5) is 0 Å². The zero-order chi connectivity index (χ0) is 54.6. The van der Waals surface area contributed by atoms with Gasteiger partial charge in [-0.15, -0.1) is 0 Å². The number of benzene rings is 1. The zero-order valence-corrected chi connectivity index (χ0v) is 42.6. The fraction of sp³-hybridized carbons (Fsp3) is 0.660. The van der Waals surface area contributed by atoms with Crippen LogP contribution in [0.1, 0.15) is 110 Å². The summed E-state index contributed by atoms with van der Waals surface area (Å²) in [6, 6.07) is -3.48. The minimum atomic E-state index is -1.36. The SMILES string of the molecule is CCC[C@H](NC(=O)[C@H](CCCN=C(N)N)NC(=O)[C@@H]1CCCN1C(=O)[C@H](CCCN=C(N)N)NC(=O)[C@@H](N)CCCCN)C(=O)N[C@@H](Cc1ccc(O)cc1)C(=O)N[C@@H](CN)C(=O)N[C@@H](CCC(C)C)C(N)=O. The number of nitrogens with zero attached hydrogens (tertiary/aromatic N) is 3. The van der Waals surface area contributed by atoms with Gasteiger partial charge >= 0.3 is 0 Å². The largest absolute Gasteiger partial charge is 0.508 e. The Balaban J connectivity index is 2.40. The normalized spacial score (nSPS) is 16.0. The molecule has 8 amide bonds. The maximum atomic E-state index is 14.3. The molecule has 1 heterocycles. The molecule has 1 aliphatic rings. The van der Waals surface area contributed by atoms with Crippen molar-refractivity contribution in [3.63, 3.8) is 0 Å². The van der Waals surface area contributed by atoms with Gasteiger partial charge in [0, 0.05) is 32.6 Å². The average Bonchev–Trinajstić information content (AvgIpc) is 3.84. The van der Waals surface area contributed by atoms with E-state index in [0.717, 1.165) is 0 Å². The van der Waals surface area contributed by atoms with Gasteiger partial charge in [-0.05, 0) is 101 Å². The lowest BCUT2D eigenvalue weighted by Gasteiger charge is -2.30. The first-order valence-corrected chi connectivity index (χ1v) is 25.1. The maximum Gasteiger partial charge on any atom is 0.245 e. The van der Waals surface area contributed by atoms with Crippen LogP contribution in [-0.4, -0.2) is 150 Å². The lowest BCUT2D eigenvalue weighted by molar-refractivity contribution is -0.142. The number of amides is 8. The molecule has 0 unspecified atom stereocenters. The first-order chi connectivity index (χ1) is 34.6. The van der Waals surface area contributed by atoms with Crippen LogP contribution in [0.15, 0.2) is 34.3 Å². The van der Waals surface area contributed by atoms with Crippen molar-refractivity contribution in [2.75, 3.05) is 32.7 Å². The van der Waals surface area contributed by atoms with E-state index in [2.05, 4.69) is 41.9 Å². The lowest BCUT2D eigenvalue weighted by atomic mass is 10.0. The van der Waals surface area contributed by atoms with Crippen molar-refractivity contribution in [3.8, 4) is 5.75 Å². The molecule has 2 rings (SSSR count). The number of aliphatic imine (C=N–C) groups is 2. The third kappa shape index (κ3) is 23.1. The van der Waals surface area contributed by atoms with E-state index in [9.17, 15) is 43.5 Å². The summed E-state index contributed by atoms with van der Waals surface area (Å²) in [7, 11) is 0. The number of nitrogens with one attached hydrogen (secondary N) is 6. The molecule has 26 nitrogen and oxygen atoms in total. The summed E-state index contributed by atoms with van der Waals surface area (Å²) in [5.41, 5.74) is 45.8. The molecule has 0 aliphatic carbocycles. The number of hydrogen-bond acceptors (Lipinski definition) is 14. The molecule has 26 heteroatoms. The molecule has 1 aromatic rings. The molecule has 0 bridgehead atoms. The summed E-state index contributed by atoms with van der Waals surface area (Å²) in [4.78, 5) is 119. The van der Waals surface area contributed by atoms with Crippen molar-refractivity contribution in [2.45, 2.75) is 159 Å². The monoisotopic (exact) mass is 1030 g/mol. The summed E-state index contributed by atoms with van der Waals surface area (Å²) in [5.74, 6) is -5.85. The van der Waals surface area contributed by atoms with Crippen LogP contribution in [0.3, 0.4) is 0 Å². The van der Waals surface area contributed by atoms with Crippen LogP contribution >= 0.6 is 0 Å². The van der Waals surface area contributed by atoms with Gasteiger partial charge in [-0.2, -0.15) is 0 Å². The number of hydrogen-bond donors (Lipinski definition) is 15.